The Morgan fingerprint density at radius 1 is 1.32 bits per heavy atom. The molecule has 1 amide bonds. The molecule has 128 valence electrons. The molecular formula is C19H17FN2O3. The molecule has 25 heavy (non-hydrogen) atoms. The molecule has 0 unspecified atom stereocenters. The smallest absolute Gasteiger partial charge is 0.260 e. The number of nitrogens with zero attached hydrogens (tertiary/aromatic N) is 1. The molecule has 0 fully saturated rings. The van der Waals surface area contributed by atoms with Gasteiger partial charge in [0.05, 0.1) is 11.3 Å². The average molecular weight is 340 g/mol. The van der Waals surface area contributed by atoms with Gasteiger partial charge in [0.25, 0.3) is 5.91 Å². The number of aliphatic hydroxyl groups is 1. The number of benzene rings is 1. The Morgan fingerprint density at radius 3 is 3.04 bits per heavy atom. The van der Waals surface area contributed by atoms with Crippen LogP contribution in [0.3, 0.4) is 0 Å². The van der Waals surface area contributed by atoms with Crippen molar-refractivity contribution in [3.63, 3.8) is 0 Å². The lowest BCUT2D eigenvalue weighted by Crippen LogP contribution is -2.05. The van der Waals surface area contributed by atoms with Crippen LogP contribution in [0, 0.1) is 5.82 Å². The van der Waals surface area contributed by atoms with Crippen LogP contribution in [-0.2, 0) is 16.1 Å². The first-order chi connectivity index (χ1) is 12.2. The molecule has 1 aromatic carbocycles. The number of carbonyl (C=O) groups excluding carboxylic acids is 1. The van der Waals surface area contributed by atoms with Crippen LogP contribution in [0.4, 0.5) is 10.1 Å². The number of carbonyl (C=O) groups is 1. The molecule has 3 heterocycles. The topological polar surface area (TPSA) is 63.5 Å². The van der Waals surface area contributed by atoms with Gasteiger partial charge in [0, 0.05) is 36.7 Å². The molecule has 0 atom stereocenters. The Kier molecular flexibility index (Phi) is 3.89. The molecule has 0 spiro atoms. The number of allylic oxidation sites excluding steroid dienone is 1. The third-order valence-electron chi connectivity index (χ3n) is 4.36. The predicted octanol–water partition coefficient (Wildman–Crippen LogP) is 2.79. The Morgan fingerprint density at radius 2 is 2.20 bits per heavy atom. The normalized spacial score (nSPS) is 18.8. The molecule has 0 aliphatic carbocycles. The molecule has 5 nitrogen and oxygen atoms in total. The number of aliphatic hydroxyl groups excluding tert-OH is 1. The maximum absolute atomic E-state index is 13.3. The molecular weight excluding hydrogens is 323 g/mol. The summed E-state index contributed by atoms with van der Waals surface area (Å²) in [6.07, 6.45) is 6.51. The summed E-state index contributed by atoms with van der Waals surface area (Å²) in [5.41, 5.74) is 3.55. The summed E-state index contributed by atoms with van der Waals surface area (Å²) in [7, 11) is 0. The van der Waals surface area contributed by atoms with E-state index in [-0.39, 0.29) is 12.5 Å². The number of nitrogens with one attached hydrogen (secondary N) is 1. The van der Waals surface area contributed by atoms with Crippen LogP contribution in [0.1, 0.15) is 17.5 Å². The molecule has 1 aromatic heterocycles. The summed E-state index contributed by atoms with van der Waals surface area (Å²) < 4.78 is 21.1. The van der Waals surface area contributed by atoms with E-state index in [1.165, 1.54) is 12.1 Å². The van der Waals surface area contributed by atoms with Crippen molar-refractivity contribution in [3.8, 4) is 0 Å². The molecule has 2 aromatic rings. The Labute approximate surface area is 144 Å². The van der Waals surface area contributed by atoms with E-state index in [0.717, 1.165) is 17.7 Å². The SMILES string of the molecule is O=C1Nc2cc(F)ccc2/C1=C1/C=C(c2ccn(CCCO)c2)CO1. The largest absolute Gasteiger partial charge is 0.488 e. The van der Waals surface area contributed by atoms with Crippen molar-refractivity contribution >= 4 is 22.7 Å². The highest BCUT2D eigenvalue weighted by Crippen LogP contribution is 2.38. The first kappa shape index (κ1) is 15.7. The number of aryl methyl sites for hydroxylation is 1. The first-order valence-corrected chi connectivity index (χ1v) is 8.11. The van der Waals surface area contributed by atoms with Crippen LogP contribution in [0.2, 0.25) is 0 Å². The molecule has 2 N–H and O–H groups in total. The second-order valence-electron chi connectivity index (χ2n) is 6.06. The van der Waals surface area contributed by atoms with Gasteiger partial charge in [0.15, 0.2) is 0 Å². The van der Waals surface area contributed by atoms with E-state index in [9.17, 15) is 9.18 Å². The van der Waals surface area contributed by atoms with E-state index >= 15 is 0 Å². The van der Waals surface area contributed by atoms with Crippen molar-refractivity contribution in [2.75, 3.05) is 18.5 Å². The highest BCUT2D eigenvalue weighted by atomic mass is 19.1. The van der Waals surface area contributed by atoms with Gasteiger partial charge in [-0.25, -0.2) is 4.39 Å². The molecule has 0 bridgehead atoms. The quantitative estimate of drug-likeness (QED) is 0.841. The van der Waals surface area contributed by atoms with E-state index in [0.29, 0.717) is 35.6 Å². The van der Waals surface area contributed by atoms with Gasteiger partial charge in [-0.3, -0.25) is 4.79 Å². The third-order valence-corrected chi connectivity index (χ3v) is 4.36. The van der Waals surface area contributed by atoms with Crippen molar-refractivity contribution in [2.45, 2.75) is 13.0 Å². The van der Waals surface area contributed by atoms with Crippen LogP contribution in [0.15, 0.2) is 48.5 Å². The lowest BCUT2D eigenvalue weighted by molar-refractivity contribution is -0.110. The zero-order valence-electron chi connectivity index (χ0n) is 13.5. The summed E-state index contributed by atoms with van der Waals surface area (Å²) in [6, 6.07) is 6.21. The monoisotopic (exact) mass is 340 g/mol. The Hall–Kier alpha value is -2.86. The van der Waals surface area contributed by atoms with Crippen molar-refractivity contribution < 1.29 is 19.0 Å². The number of rotatable bonds is 4. The number of hydrogen-bond donors (Lipinski definition) is 2. The van der Waals surface area contributed by atoms with E-state index in [1.54, 1.807) is 6.07 Å². The Balaban J connectivity index is 1.66. The first-order valence-electron chi connectivity index (χ1n) is 8.11. The van der Waals surface area contributed by atoms with Crippen LogP contribution in [0.25, 0.3) is 11.1 Å². The Bertz CT molecular complexity index is 911. The van der Waals surface area contributed by atoms with Crippen LogP contribution in [-0.4, -0.2) is 28.8 Å². The number of anilines is 1. The van der Waals surface area contributed by atoms with Gasteiger partial charge in [-0.05, 0) is 42.3 Å². The van der Waals surface area contributed by atoms with Gasteiger partial charge in [0.1, 0.15) is 18.2 Å². The standard InChI is InChI=1S/C19H17FN2O3/c20-14-2-3-15-16(9-14)21-19(24)18(15)17-8-13(11-25-17)12-4-6-22(10-12)5-1-7-23/h2-4,6,8-10,23H,1,5,7,11H2,(H,21,24)/b18-17+. The number of amides is 1. The fourth-order valence-corrected chi connectivity index (χ4v) is 3.12. The summed E-state index contributed by atoms with van der Waals surface area (Å²) >= 11 is 0. The molecule has 0 saturated heterocycles. The minimum atomic E-state index is -0.391. The molecule has 4 rings (SSSR count). The number of halogens is 1. The maximum atomic E-state index is 13.3. The lowest BCUT2D eigenvalue weighted by atomic mass is 10.0. The maximum Gasteiger partial charge on any atom is 0.260 e. The van der Waals surface area contributed by atoms with Gasteiger partial charge in [-0.1, -0.05) is 0 Å². The summed E-state index contributed by atoms with van der Waals surface area (Å²) in [5, 5.41) is 11.6. The van der Waals surface area contributed by atoms with Gasteiger partial charge in [-0.2, -0.15) is 0 Å². The minimum absolute atomic E-state index is 0.157. The number of ether oxygens (including phenoxy) is 1. The lowest BCUT2D eigenvalue weighted by Gasteiger charge is -2.02. The fraction of sp³-hybridized carbons (Fsp3) is 0.211. The van der Waals surface area contributed by atoms with E-state index in [4.69, 9.17) is 9.84 Å². The van der Waals surface area contributed by atoms with Gasteiger partial charge in [-0.15, -0.1) is 0 Å². The average Bonchev–Trinajstić information content (AvgIpc) is 3.29. The third kappa shape index (κ3) is 2.85. The van der Waals surface area contributed by atoms with Crippen molar-refractivity contribution in [1.29, 1.82) is 0 Å². The van der Waals surface area contributed by atoms with E-state index in [1.807, 2.05) is 29.1 Å². The number of hydrogen-bond acceptors (Lipinski definition) is 3. The van der Waals surface area contributed by atoms with Crippen LogP contribution in [0.5, 0.6) is 0 Å². The summed E-state index contributed by atoms with van der Waals surface area (Å²) in [4.78, 5) is 12.3. The van der Waals surface area contributed by atoms with Crippen LogP contribution >= 0.6 is 0 Å². The van der Waals surface area contributed by atoms with Gasteiger partial charge >= 0.3 is 0 Å². The van der Waals surface area contributed by atoms with Gasteiger partial charge in [0.2, 0.25) is 0 Å². The second kappa shape index (κ2) is 6.22. The second-order valence-corrected chi connectivity index (χ2v) is 6.06. The zero-order chi connectivity index (χ0) is 17.4. The van der Waals surface area contributed by atoms with Gasteiger partial charge < -0.3 is 19.7 Å². The van der Waals surface area contributed by atoms with Crippen LogP contribution < -0.4 is 5.32 Å². The molecule has 0 radical (unpaired) electrons. The number of fused-ring (bicyclic) bond motifs is 1. The minimum Gasteiger partial charge on any atom is -0.488 e. The predicted molar refractivity (Wildman–Crippen MR) is 92.0 cm³/mol. The van der Waals surface area contributed by atoms with E-state index in [2.05, 4.69) is 5.32 Å². The highest BCUT2D eigenvalue weighted by Gasteiger charge is 2.30. The highest BCUT2D eigenvalue weighted by molar-refractivity contribution is 6.32. The summed E-state index contributed by atoms with van der Waals surface area (Å²) in [6.45, 7) is 1.29. The van der Waals surface area contributed by atoms with Crippen molar-refractivity contribution in [1.82, 2.24) is 4.57 Å². The summed E-state index contributed by atoms with van der Waals surface area (Å²) in [5.74, 6) is -0.173. The van der Waals surface area contributed by atoms with Crippen molar-refractivity contribution in [3.05, 3.63) is 65.4 Å². The van der Waals surface area contributed by atoms with Crippen molar-refractivity contribution in [2.24, 2.45) is 0 Å². The fourth-order valence-electron chi connectivity index (χ4n) is 3.12. The molecule has 0 saturated carbocycles. The molecule has 2 aliphatic heterocycles. The zero-order valence-corrected chi connectivity index (χ0v) is 13.5. The van der Waals surface area contributed by atoms with E-state index < -0.39 is 5.82 Å². The molecule has 6 heteroatoms. The number of aromatic nitrogens is 1. The molecule has 2 aliphatic rings.